The minimum atomic E-state index is 0.136. The van der Waals surface area contributed by atoms with Crippen LogP contribution in [0.5, 0.6) is 0 Å². The van der Waals surface area contributed by atoms with Crippen molar-refractivity contribution in [1.29, 1.82) is 0 Å². The molecule has 2 rings (SSSR count). The van der Waals surface area contributed by atoms with Crippen molar-refractivity contribution in [2.75, 3.05) is 20.2 Å². The molecule has 0 bridgehead atoms. The molecule has 1 aliphatic heterocycles. The Morgan fingerprint density at radius 2 is 1.52 bits per heavy atom. The van der Waals surface area contributed by atoms with E-state index in [1.165, 1.54) is 51.4 Å². The van der Waals surface area contributed by atoms with Gasteiger partial charge in [0.15, 0.2) is 0 Å². The number of thiol groups is 1. The summed E-state index contributed by atoms with van der Waals surface area (Å²) >= 11 is 5.03. The molecule has 1 aliphatic carbocycles. The van der Waals surface area contributed by atoms with Gasteiger partial charge in [0.1, 0.15) is 0 Å². The van der Waals surface area contributed by atoms with E-state index in [-0.39, 0.29) is 10.3 Å². The topological polar surface area (TPSA) is 24.5 Å². The molecule has 0 spiro atoms. The van der Waals surface area contributed by atoms with Gasteiger partial charge in [0.25, 0.3) is 0 Å². The highest BCUT2D eigenvalue weighted by molar-refractivity contribution is 7.81. The number of rotatable bonds is 3. The molecular formula is C19H38N2OS. The van der Waals surface area contributed by atoms with Crippen LogP contribution in [0.3, 0.4) is 0 Å². The standard InChI is InChI=1S/C19H38N2OS/c1-18(20-21-14-10-17(22-3)11-15-21)12-8-6-4-5-7-9-13-19(2,23)16-18/h17,20,23H,4-16H2,1-3H3. The van der Waals surface area contributed by atoms with Crippen LogP contribution in [-0.2, 0) is 4.74 Å². The molecular weight excluding hydrogens is 304 g/mol. The first-order valence-electron chi connectivity index (χ1n) is 9.70. The zero-order chi connectivity index (χ0) is 16.8. The number of hydrazine groups is 1. The number of hydrogen-bond acceptors (Lipinski definition) is 4. The number of methoxy groups -OCH3 is 1. The molecule has 3 nitrogen and oxygen atoms in total. The molecule has 4 heteroatoms. The Labute approximate surface area is 149 Å². The minimum Gasteiger partial charge on any atom is -0.381 e. The Balaban J connectivity index is 1.95. The second-order valence-corrected chi connectivity index (χ2v) is 9.47. The second kappa shape index (κ2) is 9.07. The number of hydrogen-bond donors (Lipinski definition) is 2. The van der Waals surface area contributed by atoms with E-state index in [0.717, 1.165) is 32.4 Å². The van der Waals surface area contributed by atoms with Gasteiger partial charge in [-0.15, -0.1) is 0 Å². The van der Waals surface area contributed by atoms with Gasteiger partial charge < -0.3 is 4.74 Å². The summed E-state index contributed by atoms with van der Waals surface area (Å²) in [5.41, 5.74) is 4.07. The first-order valence-corrected chi connectivity index (χ1v) is 10.2. The maximum absolute atomic E-state index is 5.50. The average Bonchev–Trinajstić information content (AvgIpc) is 2.52. The lowest BCUT2D eigenvalue weighted by Gasteiger charge is -2.43. The van der Waals surface area contributed by atoms with Gasteiger partial charge in [0.2, 0.25) is 0 Å². The van der Waals surface area contributed by atoms with Crippen molar-refractivity contribution in [3.05, 3.63) is 0 Å². The monoisotopic (exact) mass is 342 g/mol. The quantitative estimate of drug-likeness (QED) is 0.735. The maximum Gasteiger partial charge on any atom is 0.0596 e. The molecule has 1 saturated carbocycles. The Hall–Kier alpha value is 0.230. The fourth-order valence-electron chi connectivity index (χ4n) is 4.43. The number of piperidine rings is 1. The highest BCUT2D eigenvalue weighted by Crippen LogP contribution is 2.35. The van der Waals surface area contributed by atoms with Gasteiger partial charge in [0, 0.05) is 30.5 Å². The fourth-order valence-corrected chi connectivity index (χ4v) is 4.93. The zero-order valence-corrected chi connectivity index (χ0v) is 16.5. The minimum absolute atomic E-state index is 0.136. The van der Waals surface area contributed by atoms with Gasteiger partial charge in [-0.05, 0) is 39.0 Å². The molecule has 0 amide bonds. The van der Waals surface area contributed by atoms with Gasteiger partial charge in [-0.3, -0.25) is 0 Å². The number of nitrogens with one attached hydrogen (secondary N) is 1. The molecule has 1 heterocycles. The molecule has 136 valence electrons. The summed E-state index contributed by atoms with van der Waals surface area (Å²) in [6, 6.07) is 0. The highest BCUT2D eigenvalue weighted by Gasteiger charge is 2.35. The van der Waals surface area contributed by atoms with Crippen LogP contribution in [0.15, 0.2) is 0 Å². The summed E-state index contributed by atoms with van der Waals surface area (Å²) in [6.07, 6.45) is 14.6. The van der Waals surface area contributed by atoms with Crippen molar-refractivity contribution < 1.29 is 4.74 Å². The van der Waals surface area contributed by atoms with E-state index in [1.807, 2.05) is 7.11 Å². The van der Waals surface area contributed by atoms with Gasteiger partial charge in [0.05, 0.1) is 6.10 Å². The van der Waals surface area contributed by atoms with Crippen molar-refractivity contribution in [1.82, 2.24) is 10.4 Å². The lowest BCUT2D eigenvalue weighted by atomic mass is 9.83. The third-order valence-corrected chi connectivity index (χ3v) is 6.05. The predicted molar refractivity (Wildman–Crippen MR) is 102 cm³/mol. The molecule has 1 saturated heterocycles. The fraction of sp³-hybridized carbons (Fsp3) is 1.00. The van der Waals surface area contributed by atoms with Crippen molar-refractivity contribution in [3.63, 3.8) is 0 Å². The van der Waals surface area contributed by atoms with E-state index in [4.69, 9.17) is 17.4 Å². The number of ether oxygens (including phenoxy) is 1. The smallest absolute Gasteiger partial charge is 0.0596 e. The summed E-state index contributed by atoms with van der Waals surface area (Å²) in [5.74, 6) is 0. The van der Waals surface area contributed by atoms with Gasteiger partial charge >= 0.3 is 0 Å². The molecule has 0 radical (unpaired) electrons. The molecule has 1 N–H and O–H groups in total. The summed E-state index contributed by atoms with van der Waals surface area (Å²) in [7, 11) is 1.84. The van der Waals surface area contributed by atoms with E-state index < -0.39 is 0 Å². The van der Waals surface area contributed by atoms with Crippen LogP contribution >= 0.6 is 12.6 Å². The summed E-state index contributed by atoms with van der Waals surface area (Å²) in [6.45, 7) is 6.95. The molecule has 2 fully saturated rings. The van der Waals surface area contributed by atoms with E-state index in [1.54, 1.807) is 0 Å². The Kier molecular flexibility index (Phi) is 7.71. The van der Waals surface area contributed by atoms with Crippen molar-refractivity contribution in [3.8, 4) is 0 Å². The predicted octanol–water partition coefficient (Wildman–Crippen LogP) is 4.57. The molecule has 0 aromatic carbocycles. The lowest BCUT2D eigenvalue weighted by molar-refractivity contribution is 0.00106. The Morgan fingerprint density at radius 1 is 0.957 bits per heavy atom. The van der Waals surface area contributed by atoms with E-state index >= 15 is 0 Å². The number of nitrogens with zero attached hydrogens (tertiary/aromatic N) is 1. The van der Waals surface area contributed by atoms with Crippen LogP contribution in [0.4, 0.5) is 0 Å². The average molecular weight is 343 g/mol. The normalized spacial score (nSPS) is 36.5. The SMILES string of the molecule is COC1CCN(NC2(C)CCCCCCCCC(C)(S)C2)CC1. The van der Waals surface area contributed by atoms with E-state index in [0.29, 0.717) is 6.10 Å². The van der Waals surface area contributed by atoms with Gasteiger partial charge in [-0.25, -0.2) is 10.4 Å². The maximum atomic E-state index is 5.50. The summed E-state index contributed by atoms with van der Waals surface area (Å²) in [4.78, 5) is 0. The van der Waals surface area contributed by atoms with Crippen molar-refractivity contribution in [2.24, 2.45) is 0 Å². The second-order valence-electron chi connectivity index (χ2n) is 8.39. The molecule has 0 aromatic heterocycles. The Bertz CT molecular complexity index is 342. The molecule has 2 unspecified atom stereocenters. The largest absolute Gasteiger partial charge is 0.381 e. The zero-order valence-electron chi connectivity index (χ0n) is 15.6. The van der Waals surface area contributed by atoms with Crippen LogP contribution in [0.1, 0.15) is 84.5 Å². The van der Waals surface area contributed by atoms with E-state index in [9.17, 15) is 0 Å². The van der Waals surface area contributed by atoms with E-state index in [2.05, 4.69) is 24.3 Å². The van der Waals surface area contributed by atoms with Crippen molar-refractivity contribution >= 4 is 12.6 Å². The Morgan fingerprint density at radius 3 is 2.13 bits per heavy atom. The first-order chi connectivity index (χ1) is 10.9. The molecule has 2 atom stereocenters. The van der Waals surface area contributed by atoms with Crippen LogP contribution < -0.4 is 5.43 Å². The van der Waals surface area contributed by atoms with Gasteiger partial charge in [-0.2, -0.15) is 12.6 Å². The van der Waals surface area contributed by atoms with Crippen molar-refractivity contribution in [2.45, 2.75) is 101 Å². The lowest BCUT2D eigenvalue weighted by Crippen LogP contribution is -2.57. The summed E-state index contributed by atoms with van der Waals surface area (Å²) in [5, 5.41) is 2.44. The van der Waals surface area contributed by atoms with Crippen LogP contribution in [0.2, 0.25) is 0 Å². The first kappa shape index (κ1) is 19.6. The van der Waals surface area contributed by atoms with Crippen LogP contribution in [0, 0.1) is 0 Å². The third-order valence-electron chi connectivity index (χ3n) is 5.67. The summed E-state index contributed by atoms with van der Waals surface area (Å²) < 4.78 is 5.64. The molecule has 2 aliphatic rings. The van der Waals surface area contributed by atoms with Crippen LogP contribution in [0.25, 0.3) is 0 Å². The van der Waals surface area contributed by atoms with Crippen LogP contribution in [-0.4, -0.2) is 41.6 Å². The highest BCUT2D eigenvalue weighted by atomic mass is 32.1. The molecule has 0 aromatic rings. The molecule has 23 heavy (non-hydrogen) atoms. The third kappa shape index (κ3) is 6.93. The van der Waals surface area contributed by atoms with Gasteiger partial charge in [-0.1, -0.05) is 45.4 Å².